The number of thioether (sulfide) groups is 1. The molecule has 0 spiro atoms. The van der Waals surface area contributed by atoms with Crippen LogP contribution in [0.5, 0.6) is 0 Å². The van der Waals surface area contributed by atoms with Gasteiger partial charge in [-0.05, 0) is 43.0 Å². The maximum Gasteiger partial charge on any atom is 0.123 e. The van der Waals surface area contributed by atoms with Gasteiger partial charge in [-0.15, -0.1) is 0 Å². The fourth-order valence-corrected chi connectivity index (χ4v) is 2.45. The van der Waals surface area contributed by atoms with Crippen LogP contribution in [0.25, 0.3) is 0 Å². The Morgan fingerprint density at radius 2 is 2.00 bits per heavy atom. The molecule has 0 saturated heterocycles. The van der Waals surface area contributed by atoms with Crippen LogP contribution in [0.3, 0.4) is 0 Å². The molecule has 0 bridgehead atoms. The summed E-state index contributed by atoms with van der Waals surface area (Å²) in [6.45, 7) is 2.79. The molecule has 4 heteroatoms. The summed E-state index contributed by atoms with van der Waals surface area (Å²) in [5.41, 5.74) is 2.33. The van der Waals surface area contributed by atoms with Crippen molar-refractivity contribution in [3.05, 3.63) is 51.9 Å². The summed E-state index contributed by atoms with van der Waals surface area (Å²) in [6.07, 6.45) is 2.07. The Hall–Kier alpha value is -0.870. The maximum absolute atomic E-state index is 5.70. The van der Waals surface area contributed by atoms with Gasteiger partial charge in [0.25, 0.3) is 0 Å². The molecule has 1 aromatic heterocycles. The molecule has 0 aliphatic heterocycles. The Morgan fingerprint density at radius 3 is 2.72 bits per heavy atom. The molecule has 96 valence electrons. The molecule has 1 heterocycles. The van der Waals surface area contributed by atoms with E-state index in [2.05, 4.69) is 52.6 Å². The molecule has 2 aromatic rings. The van der Waals surface area contributed by atoms with Crippen LogP contribution < -0.4 is 5.32 Å². The first kappa shape index (κ1) is 13.6. The zero-order valence-corrected chi connectivity index (χ0v) is 12.9. The minimum atomic E-state index is 0.712. The van der Waals surface area contributed by atoms with E-state index >= 15 is 0 Å². The monoisotopic (exact) mass is 325 g/mol. The summed E-state index contributed by atoms with van der Waals surface area (Å²) in [5.74, 6) is 2.93. The Labute approximate surface area is 120 Å². The molecule has 0 unspecified atom stereocenters. The lowest BCUT2D eigenvalue weighted by Crippen LogP contribution is -1.98. The van der Waals surface area contributed by atoms with Gasteiger partial charge in [0.2, 0.25) is 0 Å². The number of benzene rings is 1. The summed E-state index contributed by atoms with van der Waals surface area (Å²) in [7, 11) is 0. The first-order valence-electron chi connectivity index (χ1n) is 5.75. The molecule has 18 heavy (non-hydrogen) atoms. The Balaban J connectivity index is 1.95. The van der Waals surface area contributed by atoms with Crippen LogP contribution in [-0.4, -0.2) is 6.26 Å². The van der Waals surface area contributed by atoms with Gasteiger partial charge in [0.05, 0.1) is 12.3 Å². The first-order valence-corrected chi connectivity index (χ1v) is 7.94. The lowest BCUT2D eigenvalue weighted by atomic mass is 10.2. The normalized spacial score (nSPS) is 10.6. The van der Waals surface area contributed by atoms with Gasteiger partial charge in [0.15, 0.2) is 0 Å². The fourth-order valence-electron chi connectivity index (χ4n) is 1.63. The molecule has 0 atom stereocenters. The molecule has 0 saturated carbocycles. The molecule has 0 fully saturated rings. The summed E-state index contributed by atoms with van der Waals surface area (Å²) in [6, 6.07) is 10.3. The van der Waals surface area contributed by atoms with Crippen LogP contribution in [0.15, 0.2) is 39.2 Å². The van der Waals surface area contributed by atoms with Crippen LogP contribution in [0.2, 0.25) is 0 Å². The molecular formula is C14H16BrNOS. The summed E-state index contributed by atoms with van der Waals surface area (Å²) < 4.78 is 6.83. The third kappa shape index (κ3) is 3.56. The molecule has 0 radical (unpaired) electrons. The third-order valence-electron chi connectivity index (χ3n) is 2.64. The van der Waals surface area contributed by atoms with Gasteiger partial charge in [-0.3, -0.25) is 0 Å². The molecule has 0 aliphatic rings. The second kappa shape index (κ2) is 6.34. The predicted molar refractivity (Wildman–Crippen MR) is 82.1 cm³/mol. The number of halogens is 1. The average Bonchev–Trinajstić information content (AvgIpc) is 2.79. The lowest BCUT2D eigenvalue weighted by Gasteiger charge is -2.06. The highest BCUT2D eigenvalue weighted by Crippen LogP contribution is 2.21. The van der Waals surface area contributed by atoms with E-state index in [1.807, 2.05) is 12.1 Å². The Bertz CT molecular complexity index is 524. The van der Waals surface area contributed by atoms with Crippen LogP contribution in [0, 0.1) is 6.92 Å². The van der Waals surface area contributed by atoms with Gasteiger partial charge in [0, 0.05) is 10.2 Å². The molecule has 2 rings (SSSR count). The van der Waals surface area contributed by atoms with Gasteiger partial charge in [-0.1, -0.05) is 22.0 Å². The van der Waals surface area contributed by atoms with Crippen LogP contribution >= 0.6 is 27.7 Å². The smallest absolute Gasteiger partial charge is 0.123 e. The molecule has 2 nitrogen and oxygen atoms in total. The van der Waals surface area contributed by atoms with Crippen LogP contribution in [-0.2, 0) is 12.3 Å². The fraction of sp³-hybridized carbons (Fsp3) is 0.286. The number of furan rings is 1. The van der Waals surface area contributed by atoms with E-state index in [0.29, 0.717) is 6.54 Å². The van der Waals surface area contributed by atoms with E-state index in [-0.39, 0.29) is 0 Å². The number of nitrogens with one attached hydrogen (secondary N) is 1. The van der Waals surface area contributed by atoms with E-state index in [9.17, 15) is 0 Å². The quantitative estimate of drug-likeness (QED) is 0.852. The minimum absolute atomic E-state index is 0.712. The van der Waals surface area contributed by atoms with E-state index < -0.39 is 0 Å². The SMILES string of the molecule is CSCc1ccc(CNc2ccc(C)c(Br)c2)o1. The topological polar surface area (TPSA) is 25.2 Å². The highest BCUT2D eigenvalue weighted by atomic mass is 79.9. The highest BCUT2D eigenvalue weighted by Gasteiger charge is 2.02. The van der Waals surface area contributed by atoms with E-state index in [4.69, 9.17) is 4.42 Å². The van der Waals surface area contributed by atoms with Crippen molar-refractivity contribution in [2.24, 2.45) is 0 Å². The summed E-state index contributed by atoms with van der Waals surface area (Å²) >= 11 is 5.30. The third-order valence-corrected chi connectivity index (χ3v) is 4.07. The first-order chi connectivity index (χ1) is 8.69. The second-order valence-corrected chi connectivity index (χ2v) is 5.84. The van der Waals surface area contributed by atoms with Crippen molar-refractivity contribution in [3.8, 4) is 0 Å². The van der Waals surface area contributed by atoms with Crippen molar-refractivity contribution >= 4 is 33.4 Å². The molecule has 1 aromatic carbocycles. The van der Waals surface area contributed by atoms with Crippen LogP contribution in [0.1, 0.15) is 17.1 Å². The van der Waals surface area contributed by atoms with Gasteiger partial charge in [-0.25, -0.2) is 0 Å². The number of rotatable bonds is 5. The zero-order chi connectivity index (χ0) is 13.0. The summed E-state index contributed by atoms with van der Waals surface area (Å²) in [5, 5.41) is 3.35. The van der Waals surface area contributed by atoms with Gasteiger partial charge in [-0.2, -0.15) is 11.8 Å². The standard InChI is InChI=1S/C14H16BrNOS/c1-10-3-4-11(7-14(10)15)16-8-12-5-6-13(17-12)9-18-2/h3-7,16H,8-9H2,1-2H3. The van der Waals surface area contributed by atoms with Crippen molar-refractivity contribution in [2.75, 3.05) is 11.6 Å². The van der Waals surface area contributed by atoms with Crippen molar-refractivity contribution in [3.63, 3.8) is 0 Å². The lowest BCUT2D eigenvalue weighted by molar-refractivity contribution is 0.487. The molecule has 1 N–H and O–H groups in total. The molecule has 0 aliphatic carbocycles. The van der Waals surface area contributed by atoms with E-state index in [1.165, 1.54) is 5.56 Å². The number of aryl methyl sites for hydroxylation is 1. The number of hydrogen-bond acceptors (Lipinski definition) is 3. The Morgan fingerprint density at radius 1 is 1.22 bits per heavy atom. The predicted octanol–water partition coefficient (Wildman–Crippen LogP) is 4.83. The maximum atomic E-state index is 5.70. The molecular weight excluding hydrogens is 310 g/mol. The average molecular weight is 326 g/mol. The zero-order valence-electron chi connectivity index (χ0n) is 10.5. The van der Waals surface area contributed by atoms with Crippen molar-refractivity contribution in [2.45, 2.75) is 19.2 Å². The molecule has 0 amide bonds. The van der Waals surface area contributed by atoms with Gasteiger partial charge >= 0.3 is 0 Å². The van der Waals surface area contributed by atoms with Crippen molar-refractivity contribution in [1.82, 2.24) is 0 Å². The van der Waals surface area contributed by atoms with Crippen molar-refractivity contribution < 1.29 is 4.42 Å². The van der Waals surface area contributed by atoms with Gasteiger partial charge in [0.1, 0.15) is 11.5 Å². The van der Waals surface area contributed by atoms with Crippen LogP contribution in [0.4, 0.5) is 5.69 Å². The van der Waals surface area contributed by atoms with Gasteiger partial charge < -0.3 is 9.73 Å². The summed E-state index contributed by atoms with van der Waals surface area (Å²) in [4.78, 5) is 0. The number of hydrogen-bond donors (Lipinski definition) is 1. The number of anilines is 1. The second-order valence-electron chi connectivity index (χ2n) is 4.12. The van der Waals surface area contributed by atoms with Crippen molar-refractivity contribution in [1.29, 1.82) is 0 Å². The highest BCUT2D eigenvalue weighted by molar-refractivity contribution is 9.10. The largest absolute Gasteiger partial charge is 0.463 e. The Kier molecular flexibility index (Phi) is 4.78. The van der Waals surface area contributed by atoms with E-state index in [1.54, 1.807) is 11.8 Å². The van der Waals surface area contributed by atoms with E-state index in [0.717, 1.165) is 27.4 Å². The minimum Gasteiger partial charge on any atom is -0.463 e.